The first-order chi connectivity index (χ1) is 14.8. The van der Waals surface area contributed by atoms with E-state index >= 15 is 0 Å². The molecule has 2 aromatic heterocycles. The fraction of sp³-hybridized carbons (Fsp3) is 0.400. The van der Waals surface area contributed by atoms with Gasteiger partial charge in [-0.1, -0.05) is 6.07 Å². The van der Waals surface area contributed by atoms with Crippen LogP contribution in [0.5, 0.6) is 5.75 Å². The van der Waals surface area contributed by atoms with Crippen LogP contribution >= 0.6 is 27.3 Å². The lowest BCUT2D eigenvalue weighted by Crippen LogP contribution is -2.47. The average Bonchev–Trinajstić information content (AvgIpc) is 3.31. The molecule has 0 fully saturated rings. The molecule has 0 saturated heterocycles. The molecule has 6 heteroatoms. The summed E-state index contributed by atoms with van der Waals surface area (Å²) in [5, 5.41) is 12.4. The number of rotatable bonds is 1. The van der Waals surface area contributed by atoms with E-state index in [1.54, 1.807) is 11.3 Å². The number of fused-ring (bicyclic) bond motifs is 5. The number of nitrogens with zero attached hydrogens (tertiary/aromatic N) is 2. The number of phenols is 1. The number of aromatic nitrogens is 1. The standard InChI is InChI=1S/C25H27BrN2O2S/c1-25(2,3)28-10-5-4-7-16-21(20-8-6-12-31-20)22-17-14-18(26)19(29)13-15(17)9-11-27(22)23(16)24(28)30/h6,8,12-14,29H,4-5,7,9-11H2,1-3H3. The van der Waals surface area contributed by atoms with Crippen LogP contribution in [0.25, 0.3) is 21.7 Å². The van der Waals surface area contributed by atoms with E-state index in [9.17, 15) is 9.90 Å². The van der Waals surface area contributed by atoms with Crippen molar-refractivity contribution in [1.29, 1.82) is 0 Å². The number of halogens is 1. The Morgan fingerprint density at radius 3 is 2.61 bits per heavy atom. The smallest absolute Gasteiger partial charge is 0.271 e. The van der Waals surface area contributed by atoms with E-state index < -0.39 is 0 Å². The van der Waals surface area contributed by atoms with Crippen LogP contribution < -0.4 is 0 Å². The molecule has 0 bridgehead atoms. The number of hydrogen-bond acceptors (Lipinski definition) is 3. The Kier molecular flexibility index (Phi) is 5.05. The van der Waals surface area contributed by atoms with Crippen LogP contribution in [0.2, 0.25) is 0 Å². The molecule has 1 N–H and O–H groups in total. The van der Waals surface area contributed by atoms with Crippen molar-refractivity contribution in [3.8, 4) is 27.4 Å². The van der Waals surface area contributed by atoms with Gasteiger partial charge in [0.25, 0.3) is 5.91 Å². The van der Waals surface area contributed by atoms with Gasteiger partial charge in [0.15, 0.2) is 0 Å². The SMILES string of the molecule is CC(C)(C)N1CCCCc2c(-c3cccs3)c3n(c2C1=O)CCc1cc(O)c(Br)cc1-3. The lowest BCUT2D eigenvalue weighted by molar-refractivity contribution is 0.0558. The third-order valence-electron chi connectivity index (χ3n) is 6.48. The molecule has 0 saturated carbocycles. The molecular weight excluding hydrogens is 472 g/mol. The first kappa shape index (κ1) is 20.8. The van der Waals surface area contributed by atoms with Gasteiger partial charge in [-0.2, -0.15) is 0 Å². The summed E-state index contributed by atoms with van der Waals surface area (Å²) in [4.78, 5) is 17.2. The van der Waals surface area contributed by atoms with Gasteiger partial charge in [0, 0.05) is 34.6 Å². The Bertz CT molecular complexity index is 1170. The van der Waals surface area contributed by atoms with Gasteiger partial charge in [0.1, 0.15) is 11.4 Å². The molecule has 5 rings (SSSR count). The fourth-order valence-electron chi connectivity index (χ4n) is 5.05. The molecular formula is C25H27BrN2O2S. The highest BCUT2D eigenvalue weighted by Gasteiger charge is 2.37. The number of aryl methyl sites for hydroxylation is 1. The topological polar surface area (TPSA) is 45.5 Å². The number of aromatic hydroxyl groups is 1. The number of phenolic OH excluding ortho intramolecular Hbond substituents is 1. The number of hydrogen-bond donors (Lipinski definition) is 1. The fourth-order valence-corrected chi connectivity index (χ4v) is 6.20. The van der Waals surface area contributed by atoms with Gasteiger partial charge in [-0.3, -0.25) is 4.79 Å². The summed E-state index contributed by atoms with van der Waals surface area (Å²) in [6.45, 7) is 7.93. The van der Waals surface area contributed by atoms with Crippen molar-refractivity contribution in [3.05, 3.63) is 50.9 Å². The van der Waals surface area contributed by atoms with Gasteiger partial charge in [-0.15, -0.1) is 11.3 Å². The van der Waals surface area contributed by atoms with Gasteiger partial charge >= 0.3 is 0 Å². The molecule has 31 heavy (non-hydrogen) atoms. The quantitative estimate of drug-likeness (QED) is 0.416. The Balaban J connectivity index is 1.84. The molecule has 0 unspecified atom stereocenters. The highest BCUT2D eigenvalue weighted by Crippen LogP contribution is 2.47. The summed E-state index contributed by atoms with van der Waals surface area (Å²) in [5.74, 6) is 0.414. The Hall–Kier alpha value is -2.05. The number of amides is 1. The zero-order chi connectivity index (χ0) is 21.9. The van der Waals surface area contributed by atoms with Gasteiger partial charge < -0.3 is 14.6 Å². The number of carbonyl (C=O) groups is 1. The van der Waals surface area contributed by atoms with Gasteiger partial charge in [0.2, 0.25) is 0 Å². The highest BCUT2D eigenvalue weighted by molar-refractivity contribution is 9.10. The lowest BCUT2D eigenvalue weighted by Gasteiger charge is -2.37. The molecule has 0 aliphatic carbocycles. The first-order valence-corrected chi connectivity index (χ1v) is 12.6. The monoisotopic (exact) mass is 498 g/mol. The predicted octanol–water partition coefficient (Wildman–Crippen LogP) is 6.48. The molecule has 4 heterocycles. The molecule has 2 aliphatic rings. The molecule has 3 aromatic rings. The molecule has 4 nitrogen and oxygen atoms in total. The highest BCUT2D eigenvalue weighted by atomic mass is 79.9. The van der Waals surface area contributed by atoms with Crippen LogP contribution in [-0.2, 0) is 19.4 Å². The Labute approximate surface area is 195 Å². The van der Waals surface area contributed by atoms with Crippen LogP contribution in [-0.4, -0.2) is 32.6 Å². The van der Waals surface area contributed by atoms with Crippen LogP contribution in [0.15, 0.2) is 34.1 Å². The molecule has 2 aliphatic heterocycles. The summed E-state index contributed by atoms with van der Waals surface area (Å²) in [5.41, 5.74) is 6.40. The minimum Gasteiger partial charge on any atom is -0.507 e. The van der Waals surface area contributed by atoms with Crippen LogP contribution in [0.4, 0.5) is 0 Å². The Morgan fingerprint density at radius 2 is 1.90 bits per heavy atom. The van der Waals surface area contributed by atoms with Crippen molar-refractivity contribution in [2.75, 3.05) is 6.54 Å². The number of benzene rings is 1. The minimum absolute atomic E-state index is 0.146. The molecule has 162 valence electrons. The van der Waals surface area contributed by atoms with Crippen LogP contribution in [0, 0.1) is 0 Å². The second-order valence-corrected chi connectivity index (χ2v) is 11.3. The zero-order valence-corrected chi connectivity index (χ0v) is 20.6. The number of carbonyl (C=O) groups excluding carboxylic acids is 1. The normalized spacial score (nSPS) is 16.4. The van der Waals surface area contributed by atoms with Crippen LogP contribution in [0.3, 0.4) is 0 Å². The van der Waals surface area contributed by atoms with Crippen LogP contribution in [0.1, 0.15) is 55.2 Å². The average molecular weight is 499 g/mol. The number of thiophene rings is 1. The summed E-state index contributed by atoms with van der Waals surface area (Å²) in [7, 11) is 0. The molecule has 1 aromatic carbocycles. The van der Waals surface area contributed by atoms with Crippen molar-refractivity contribution in [3.63, 3.8) is 0 Å². The van der Waals surface area contributed by atoms with E-state index in [0.717, 1.165) is 61.3 Å². The predicted molar refractivity (Wildman–Crippen MR) is 130 cm³/mol. The maximum absolute atomic E-state index is 14.0. The Morgan fingerprint density at radius 1 is 1.10 bits per heavy atom. The van der Waals surface area contributed by atoms with Gasteiger partial charge in [-0.25, -0.2) is 0 Å². The van der Waals surface area contributed by atoms with Gasteiger partial charge in [-0.05, 0) is 97.1 Å². The third kappa shape index (κ3) is 3.35. The molecule has 1 amide bonds. The second kappa shape index (κ2) is 7.52. The summed E-state index contributed by atoms with van der Waals surface area (Å²) < 4.78 is 2.95. The van der Waals surface area contributed by atoms with E-state index in [4.69, 9.17) is 0 Å². The summed E-state index contributed by atoms with van der Waals surface area (Å²) in [6, 6.07) is 8.13. The van der Waals surface area contributed by atoms with E-state index in [1.807, 2.05) is 12.1 Å². The largest absolute Gasteiger partial charge is 0.507 e. The lowest BCUT2D eigenvalue weighted by atomic mass is 9.93. The van der Waals surface area contributed by atoms with Crippen molar-refractivity contribution >= 4 is 33.2 Å². The molecule has 0 spiro atoms. The van der Waals surface area contributed by atoms with E-state index in [2.05, 4.69) is 63.7 Å². The van der Waals surface area contributed by atoms with E-state index in [0.29, 0.717) is 4.47 Å². The van der Waals surface area contributed by atoms with Crippen molar-refractivity contribution < 1.29 is 9.90 Å². The third-order valence-corrected chi connectivity index (χ3v) is 8.00. The molecule has 0 atom stereocenters. The van der Waals surface area contributed by atoms with E-state index in [-0.39, 0.29) is 17.2 Å². The van der Waals surface area contributed by atoms with Crippen molar-refractivity contribution in [2.45, 2.75) is 58.5 Å². The minimum atomic E-state index is -0.221. The van der Waals surface area contributed by atoms with Crippen molar-refractivity contribution in [1.82, 2.24) is 9.47 Å². The van der Waals surface area contributed by atoms with E-state index in [1.165, 1.54) is 16.0 Å². The first-order valence-electron chi connectivity index (χ1n) is 10.9. The maximum atomic E-state index is 14.0. The zero-order valence-electron chi connectivity index (χ0n) is 18.2. The summed E-state index contributed by atoms with van der Waals surface area (Å²) >= 11 is 5.24. The van der Waals surface area contributed by atoms with Crippen molar-refractivity contribution in [2.24, 2.45) is 0 Å². The molecule has 0 radical (unpaired) electrons. The summed E-state index contributed by atoms with van der Waals surface area (Å²) in [6.07, 6.45) is 3.81. The maximum Gasteiger partial charge on any atom is 0.271 e. The second-order valence-electron chi connectivity index (χ2n) is 9.48. The van der Waals surface area contributed by atoms with Gasteiger partial charge in [0.05, 0.1) is 10.2 Å².